The number of amides is 3. The number of ketones is 1. The van der Waals surface area contributed by atoms with Crippen molar-refractivity contribution < 1.29 is 14.4 Å². The summed E-state index contributed by atoms with van der Waals surface area (Å²) in [5.74, 6) is 0.0807. The monoisotopic (exact) mass is 462 g/mol. The second kappa shape index (κ2) is 7.75. The molecule has 2 saturated heterocycles. The molecule has 0 radical (unpaired) electrons. The van der Waals surface area contributed by atoms with Gasteiger partial charge in [-0.2, -0.15) is 0 Å². The summed E-state index contributed by atoms with van der Waals surface area (Å²) in [6, 6.07) is 5.95. The number of likely N-dealkylation sites (N-methyl/N-ethyl adjacent to an activating group) is 2. The summed E-state index contributed by atoms with van der Waals surface area (Å²) >= 11 is 3.37. The third-order valence-corrected chi connectivity index (χ3v) is 6.13. The van der Waals surface area contributed by atoms with Gasteiger partial charge in [0.2, 0.25) is 0 Å². The second-order valence-electron chi connectivity index (χ2n) is 7.54. The molecular formula is C19H23BrN6O3. The first-order valence-electron chi connectivity index (χ1n) is 9.49. The van der Waals surface area contributed by atoms with Crippen molar-refractivity contribution in [3.8, 4) is 0 Å². The van der Waals surface area contributed by atoms with Crippen molar-refractivity contribution in [1.82, 2.24) is 24.9 Å². The number of aliphatic imine (C=N–C) groups is 1. The van der Waals surface area contributed by atoms with Gasteiger partial charge in [0.05, 0.1) is 6.54 Å². The molecular weight excluding hydrogens is 440 g/mol. The van der Waals surface area contributed by atoms with Crippen LogP contribution in [0, 0.1) is 0 Å². The Morgan fingerprint density at radius 2 is 1.79 bits per heavy atom. The number of hydrogen-bond donors (Lipinski definition) is 1. The van der Waals surface area contributed by atoms with Crippen LogP contribution in [0.15, 0.2) is 33.7 Å². The van der Waals surface area contributed by atoms with Crippen LogP contribution in [0.3, 0.4) is 0 Å². The highest BCUT2D eigenvalue weighted by atomic mass is 79.9. The second-order valence-corrected chi connectivity index (χ2v) is 8.46. The number of Topliss-reactive ketones (excluding diaryl/α,β-unsaturated/α-hetero) is 1. The molecule has 9 nitrogen and oxygen atoms in total. The van der Waals surface area contributed by atoms with E-state index in [4.69, 9.17) is 4.99 Å². The molecule has 2 fully saturated rings. The van der Waals surface area contributed by atoms with E-state index >= 15 is 0 Å². The van der Waals surface area contributed by atoms with Gasteiger partial charge in [0.1, 0.15) is 0 Å². The van der Waals surface area contributed by atoms with Crippen molar-refractivity contribution in [2.45, 2.75) is 12.2 Å². The molecule has 29 heavy (non-hydrogen) atoms. The maximum atomic E-state index is 13.0. The predicted molar refractivity (Wildman–Crippen MR) is 111 cm³/mol. The van der Waals surface area contributed by atoms with Gasteiger partial charge in [-0.05, 0) is 19.2 Å². The Labute approximate surface area is 177 Å². The minimum atomic E-state index is -0.716. The smallest absolute Gasteiger partial charge is 0.325 e. The molecule has 3 aliphatic rings. The highest BCUT2D eigenvalue weighted by Crippen LogP contribution is 2.26. The summed E-state index contributed by atoms with van der Waals surface area (Å²) in [6.45, 7) is 3.24. The molecule has 1 aromatic carbocycles. The molecule has 3 amide bonds. The van der Waals surface area contributed by atoms with Crippen molar-refractivity contribution in [1.29, 1.82) is 0 Å². The number of halogens is 1. The number of nitrogens with one attached hydrogen (secondary N) is 1. The normalized spacial score (nSPS) is 25.1. The molecule has 0 bridgehead atoms. The Morgan fingerprint density at radius 1 is 1.14 bits per heavy atom. The zero-order valence-corrected chi connectivity index (χ0v) is 17.9. The minimum absolute atomic E-state index is 0.0173. The summed E-state index contributed by atoms with van der Waals surface area (Å²) < 4.78 is 0.891. The number of carbonyl (C=O) groups excluding carboxylic acids is 3. The molecule has 3 aliphatic heterocycles. The number of hydrogen-bond acceptors (Lipinski definition) is 7. The van der Waals surface area contributed by atoms with Gasteiger partial charge in [0.25, 0.3) is 5.91 Å². The van der Waals surface area contributed by atoms with Crippen molar-refractivity contribution in [2.24, 2.45) is 4.99 Å². The molecule has 0 spiro atoms. The Balaban J connectivity index is 1.63. The largest absolute Gasteiger partial charge is 0.340 e. The average molecular weight is 463 g/mol. The lowest BCUT2D eigenvalue weighted by Gasteiger charge is -2.39. The Kier molecular flexibility index (Phi) is 5.30. The highest BCUT2D eigenvalue weighted by molar-refractivity contribution is 9.10. The number of carbonyl (C=O) groups is 3. The molecule has 1 aromatic rings. The number of piperazine rings is 1. The zero-order valence-electron chi connectivity index (χ0n) is 16.3. The number of rotatable bonds is 3. The summed E-state index contributed by atoms with van der Waals surface area (Å²) in [4.78, 5) is 49.9. The van der Waals surface area contributed by atoms with Gasteiger partial charge in [0, 0.05) is 43.3 Å². The lowest BCUT2D eigenvalue weighted by Crippen LogP contribution is -2.65. The van der Waals surface area contributed by atoms with Crippen molar-refractivity contribution in [3.05, 3.63) is 34.3 Å². The van der Waals surface area contributed by atoms with Crippen molar-refractivity contribution in [3.63, 3.8) is 0 Å². The third kappa shape index (κ3) is 3.74. The van der Waals surface area contributed by atoms with E-state index in [0.29, 0.717) is 11.5 Å². The van der Waals surface area contributed by atoms with Crippen LogP contribution in [0.2, 0.25) is 0 Å². The van der Waals surface area contributed by atoms with Crippen LogP contribution in [0.1, 0.15) is 10.4 Å². The van der Waals surface area contributed by atoms with E-state index in [1.54, 1.807) is 24.1 Å². The van der Waals surface area contributed by atoms with Crippen molar-refractivity contribution >= 4 is 39.6 Å². The number of benzene rings is 1. The van der Waals surface area contributed by atoms with E-state index in [1.807, 2.05) is 12.1 Å². The fourth-order valence-electron chi connectivity index (χ4n) is 3.83. The molecule has 154 valence electrons. The van der Waals surface area contributed by atoms with Crippen molar-refractivity contribution in [2.75, 3.05) is 46.8 Å². The van der Waals surface area contributed by atoms with E-state index in [0.717, 1.165) is 30.7 Å². The highest BCUT2D eigenvalue weighted by Gasteiger charge is 2.50. The quantitative estimate of drug-likeness (QED) is 0.655. The van der Waals surface area contributed by atoms with Gasteiger partial charge in [-0.1, -0.05) is 28.1 Å². The van der Waals surface area contributed by atoms with Gasteiger partial charge >= 0.3 is 6.03 Å². The predicted octanol–water partition coefficient (Wildman–Crippen LogP) is 0.427. The number of imide groups is 1. The van der Waals surface area contributed by atoms with Crippen LogP contribution in [-0.2, 0) is 4.79 Å². The van der Waals surface area contributed by atoms with E-state index < -0.39 is 24.1 Å². The summed E-state index contributed by atoms with van der Waals surface area (Å²) in [6.07, 6.45) is -0.636. The molecule has 0 saturated carbocycles. The summed E-state index contributed by atoms with van der Waals surface area (Å²) in [7, 11) is 3.67. The van der Waals surface area contributed by atoms with Crippen LogP contribution >= 0.6 is 15.9 Å². The first kappa shape index (κ1) is 19.8. The Bertz CT molecular complexity index is 865. The van der Waals surface area contributed by atoms with Gasteiger partial charge in [0.15, 0.2) is 24.0 Å². The van der Waals surface area contributed by atoms with Gasteiger partial charge in [-0.3, -0.25) is 14.9 Å². The van der Waals surface area contributed by atoms with Gasteiger partial charge in [-0.25, -0.2) is 9.79 Å². The average Bonchev–Trinajstić information content (AvgIpc) is 3.07. The first-order chi connectivity index (χ1) is 13.8. The number of fused-ring (bicyclic) bond motifs is 1. The fraction of sp³-hybridized carbons (Fsp3) is 0.474. The van der Waals surface area contributed by atoms with Crippen LogP contribution in [0.25, 0.3) is 0 Å². The molecule has 10 heteroatoms. The minimum Gasteiger partial charge on any atom is -0.340 e. The number of nitrogens with zero attached hydrogens (tertiary/aromatic N) is 5. The maximum absolute atomic E-state index is 13.0. The SMILES string of the molecule is CN1CCN(C2=NC3C(C(=O)NC(=O)N3C)N2CC(=O)c2ccc(Br)cc2)CC1. The van der Waals surface area contributed by atoms with Crippen LogP contribution in [0.4, 0.5) is 4.79 Å². The summed E-state index contributed by atoms with van der Waals surface area (Å²) in [5, 5.41) is 2.37. The lowest BCUT2D eigenvalue weighted by atomic mass is 10.1. The van der Waals surface area contributed by atoms with Crippen LogP contribution in [-0.4, -0.2) is 102 Å². The molecule has 0 aromatic heterocycles. The molecule has 3 heterocycles. The topological polar surface area (TPSA) is 88.6 Å². The molecule has 1 N–H and O–H groups in total. The number of urea groups is 1. The van der Waals surface area contributed by atoms with E-state index in [2.05, 4.69) is 38.1 Å². The van der Waals surface area contributed by atoms with E-state index in [9.17, 15) is 14.4 Å². The zero-order chi connectivity index (χ0) is 20.7. The third-order valence-electron chi connectivity index (χ3n) is 5.61. The van der Waals surface area contributed by atoms with E-state index in [-0.39, 0.29) is 12.3 Å². The molecule has 2 atom stereocenters. The fourth-order valence-corrected chi connectivity index (χ4v) is 4.10. The molecule has 0 aliphatic carbocycles. The first-order valence-corrected chi connectivity index (χ1v) is 10.3. The number of guanidine groups is 1. The summed E-state index contributed by atoms with van der Waals surface area (Å²) in [5.41, 5.74) is 0.565. The maximum Gasteiger partial charge on any atom is 0.325 e. The lowest BCUT2D eigenvalue weighted by molar-refractivity contribution is -0.127. The standard InChI is InChI=1S/C19H23BrN6O3/c1-23-7-9-25(10-8-23)18-21-16-15(17(28)22-19(29)24(16)2)26(18)11-14(27)12-3-5-13(20)6-4-12/h3-6,15-16H,7-11H2,1-2H3,(H,22,28,29). The van der Waals surface area contributed by atoms with Gasteiger partial charge in [-0.15, -0.1) is 0 Å². The molecule has 4 rings (SSSR count). The van der Waals surface area contributed by atoms with E-state index in [1.165, 1.54) is 4.90 Å². The van der Waals surface area contributed by atoms with Gasteiger partial charge < -0.3 is 19.6 Å². The Morgan fingerprint density at radius 3 is 2.45 bits per heavy atom. The molecule has 2 unspecified atom stereocenters. The Hall–Kier alpha value is -2.46. The van der Waals surface area contributed by atoms with Crippen LogP contribution in [0.5, 0.6) is 0 Å². The van der Waals surface area contributed by atoms with Crippen LogP contribution < -0.4 is 5.32 Å².